The van der Waals surface area contributed by atoms with Crippen LogP contribution in [-0.4, -0.2) is 10.1 Å². The van der Waals surface area contributed by atoms with Gasteiger partial charge in [-0.1, -0.05) is 6.42 Å². The second-order valence-corrected chi connectivity index (χ2v) is 5.74. The summed E-state index contributed by atoms with van der Waals surface area (Å²) in [7, 11) is 0. The fourth-order valence-electron chi connectivity index (χ4n) is 3.81. The zero-order valence-corrected chi connectivity index (χ0v) is 10.4. The van der Waals surface area contributed by atoms with E-state index in [-0.39, 0.29) is 11.5 Å². The number of hydrogen-bond acceptors (Lipinski definition) is 2. The number of pyridine rings is 1. The molecule has 0 amide bonds. The topological polar surface area (TPSA) is 33.1 Å². The number of halogens is 3. The predicted octanol–water partition coefficient (Wildman–Crippen LogP) is 3.57. The zero-order valence-electron chi connectivity index (χ0n) is 10.4. The molecule has 2 nitrogen and oxygen atoms in total. The molecule has 1 N–H and O–H groups in total. The molecule has 5 heteroatoms. The molecule has 2 bridgehead atoms. The van der Waals surface area contributed by atoms with Crippen LogP contribution < -0.4 is 0 Å². The summed E-state index contributed by atoms with van der Waals surface area (Å²) in [6.07, 6.45) is 0.916. The first kappa shape index (κ1) is 12.9. The van der Waals surface area contributed by atoms with Gasteiger partial charge in [0.25, 0.3) is 0 Å². The first-order valence-corrected chi connectivity index (χ1v) is 6.66. The lowest BCUT2D eigenvalue weighted by molar-refractivity contribution is -0.139. The minimum absolute atomic E-state index is 0.0379. The maximum Gasteiger partial charge on any atom is 0.416 e. The highest BCUT2D eigenvalue weighted by molar-refractivity contribution is 5.29. The van der Waals surface area contributed by atoms with Gasteiger partial charge in [0.15, 0.2) is 0 Å². The molecule has 1 aromatic heterocycles. The highest BCUT2D eigenvalue weighted by Gasteiger charge is 2.45. The fourth-order valence-corrected chi connectivity index (χ4v) is 3.81. The van der Waals surface area contributed by atoms with Gasteiger partial charge in [-0.25, -0.2) is 0 Å². The van der Waals surface area contributed by atoms with Crippen LogP contribution in [0.3, 0.4) is 0 Å². The second-order valence-electron chi connectivity index (χ2n) is 5.74. The molecule has 104 valence electrons. The van der Waals surface area contributed by atoms with Gasteiger partial charge in [-0.05, 0) is 43.1 Å². The van der Waals surface area contributed by atoms with E-state index in [1.807, 2.05) is 0 Å². The minimum atomic E-state index is -4.43. The maximum atomic E-state index is 12.9. The van der Waals surface area contributed by atoms with Crippen molar-refractivity contribution in [1.29, 1.82) is 0 Å². The molecule has 1 heterocycles. The van der Waals surface area contributed by atoms with Crippen LogP contribution in [0.4, 0.5) is 13.2 Å². The minimum Gasteiger partial charge on any atom is -0.388 e. The Hall–Kier alpha value is -1.10. The predicted molar refractivity (Wildman–Crippen MR) is 63.1 cm³/mol. The number of fused-ring (bicyclic) bond motifs is 2. The van der Waals surface area contributed by atoms with Gasteiger partial charge in [0.2, 0.25) is 0 Å². The quantitative estimate of drug-likeness (QED) is 0.892. The van der Waals surface area contributed by atoms with Crippen LogP contribution in [0.25, 0.3) is 0 Å². The number of aromatic nitrogens is 1. The summed E-state index contributed by atoms with van der Waals surface area (Å²) in [4.78, 5) is 3.75. The van der Waals surface area contributed by atoms with E-state index in [0.29, 0.717) is 11.8 Å². The molecular weight excluding hydrogens is 255 g/mol. The van der Waals surface area contributed by atoms with E-state index >= 15 is 0 Å². The third-order valence-electron chi connectivity index (χ3n) is 4.67. The summed E-state index contributed by atoms with van der Waals surface area (Å²) in [6, 6.07) is 0.950. The van der Waals surface area contributed by atoms with Crippen LogP contribution in [0, 0.1) is 17.8 Å². The Labute approximate surface area is 109 Å². The molecule has 2 aliphatic carbocycles. The molecule has 0 radical (unpaired) electrons. The Kier molecular flexibility index (Phi) is 3.04. The number of rotatable bonds is 2. The molecule has 0 saturated heterocycles. The summed E-state index contributed by atoms with van der Waals surface area (Å²) in [6.45, 7) is 0. The van der Waals surface area contributed by atoms with Gasteiger partial charge < -0.3 is 5.11 Å². The van der Waals surface area contributed by atoms with E-state index in [1.165, 1.54) is 6.20 Å². The van der Waals surface area contributed by atoms with E-state index in [2.05, 4.69) is 4.98 Å². The third-order valence-corrected chi connectivity index (χ3v) is 4.67. The zero-order chi connectivity index (χ0) is 13.6. The lowest BCUT2D eigenvalue weighted by atomic mass is 9.81. The largest absolute Gasteiger partial charge is 0.416 e. The maximum absolute atomic E-state index is 12.9. The summed E-state index contributed by atoms with van der Waals surface area (Å²) in [5, 5.41) is 10.3. The summed E-state index contributed by atoms with van der Waals surface area (Å²) in [5.74, 6) is 0.931. The summed E-state index contributed by atoms with van der Waals surface area (Å²) >= 11 is 0. The van der Waals surface area contributed by atoms with Gasteiger partial charge in [-0.3, -0.25) is 4.98 Å². The van der Waals surface area contributed by atoms with E-state index in [0.717, 1.165) is 37.9 Å². The van der Waals surface area contributed by atoms with Crippen molar-refractivity contribution in [3.8, 4) is 0 Å². The van der Waals surface area contributed by atoms with Gasteiger partial charge in [0, 0.05) is 18.0 Å². The lowest BCUT2D eigenvalue weighted by Crippen LogP contribution is -2.22. The van der Waals surface area contributed by atoms with Gasteiger partial charge in [0.1, 0.15) is 0 Å². The lowest BCUT2D eigenvalue weighted by Gasteiger charge is -2.28. The average Bonchev–Trinajstić information content (AvgIpc) is 2.99. The molecule has 4 unspecified atom stereocenters. The number of hydrogen-bond donors (Lipinski definition) is 1. The van der Waals surface area contributed by atoms with E-state index < -0.39 is 17.8 Å². The SMILES string of the molecule is OC(c1cnccc1C(F)(F)F)C1CC2CCC1C2. The Morgan fingerprint density at radius 2 is 2.05 bits per heavy atom. The van der Waals surface area contributed by atoms with Gasteiger partial charge in [-0.15, -0.1) is 0 Å². The van der Waals surface area contributed by atoms with Gasteiger partial charge >= 0.3 is 6.18 Å². The van der Waals surface area contributed by atoms with Crippen LogP contribution in [0.2, 0.25) is 0 Å². The molecule has 2 aliphatic rings. The van der Waals surface area contributed by atoms with Crippen molar-refractivity contribution >= 4 is 0 Å². The van der Waals surface area contributed by atoms with Crippen molar-refractivity contribution in [3.63, 3.8) is 0 Å². The number of nitrogens with zero attached hydrogens (tertiary/aromatic N) is 1. The van der Waals surface area contributed by atoms with Crippen LogP contribution in [0.1, 0.15) is 42.9 Å². The molecule has 3 rings (SSSR count). The second kappa shape index (κ2) is 4.47. The van der Waals surface area contributed by atoms with Crippen LogP contribution >= 0.6 is 0 Å². The smallest absolute Gasteiger partial charge is 0.388 e. The Morgan fingerprint density at radius 3 is 2.63 bits per heavy atom. The van der Waals surface area contributed by atoms with Crippen LogP contribution in [0.5, 0.6) is 0 Å². The molecule has 0 aliphatic heterocycles. The molecule has 2 saturated carbocycles. The number of aliphatic hydroxyl groups is 1. The van der Waals surface area contributed by atoms with E-state index in [9.17, 15) is 18.3 Å². The van der Waals surface area contributed by atoms with Crippen molar-refractivity contribution in [2.24, 2.45) is 17.8 Å². The molecule has 19 heavy (non-hydrogen) atoms. The monoisotopic (exact) mass is 271 g/mol. The van der Waals surface area contributed by atoms with Gasteiger partial charge in [-0.2, -0.15) is 13.2 Å². The Morgan fingerprint density at radius 1 is 1.26 bits per heavy atom. The van der Waals surface area contributed by atoms with Crippen molar-refractivity contribution in [2.45, 2.75) is 38.0 Å². The van der Waals surface area contributed by atoms with Crippen molar-refractivity contribution < 1.29 is 18.3 Å². The first-order valence-electron chi connectivity index (χ1n) is 6.66. The normalized spacial score (nSPS) is 31.7. The molecule has 0 spiro atoms. The highest BCUT2D eigenvalue weighted by Crippen LogP contribution is 2.53. The number of aliphatic hydroxyl groups excluding tert-OH is 1. The van der Waals surface area contributed by atoms with E-state index in [1.54, 1.807) is 0 Å². The molecule has 4 atom stereocenters. The Bertz CT molecular complexity index is 474. The summed E-state index contributed by atoms with van der Waals surface area (Å²) < 4.78 is 38.8. The van der Waals surface area contributed by atoms with Crippen LogP contribution in [-0.2, 0) is 6.18 Å². The highest BCUT2D eigenvalue weighted by atomic mass is 19.4. The first-order chi connectivity index (χ1) is 8.97. The molecule has 1 aromatic rings. The standard InChI is InChI=1S/C14H16F3NO/c15-14(16,17)12-3-4-18-7-11(12)13(19)10-6-8-1-2-9(10)5-8/h3-4,7-10,13,19H,1-2,5-6H2. The fraction of sp³-hybridized carbons (Fsp3) is 0.643. The molecule has 0 aromatic carbocycles. The molecular formula is C14H16F3NO. The third kappa shape index (κ3) is 2.24. The Balaban J connectivity index is 1.90. The van der Waals surface area contributed by atoms with Crippen molar-refractivity contribution in [1.82, 2.24) is 4.98 Å². The van der Waals surface area contributed by atoms with Crippen molar-refractivity contribution in [2.75, 3.05) is 0 Å². The van der Waals surface area contributed by atoms with Gasteiger partial charge in [0.05, 0.1) is 11.7 Å². The number of alkyl halides is 3. The van der Waals surface area contributed by atoms with Crippen LogP contribution in [0.15, 0.2) is 18.5 Å². The molecule has 2 fully saturated rings. The van der Waals surface area contributed by atoms with Crippen molar-refractivity contribution in [3.05, 3.63) is 29.6 Å². The average molecular weight is 271 g/mol. The van der Waals surface area contributed by atoms with E-state index in [4.69, 9.17) is 0 Å². The summed E-state index contributed by atoms with van der Waals surface area (Å²) in [5.41, 5.74) is -0.815.